The van der Waals surface area contributed by atoms with E-state index in [2.05, 4.69) is 4.98 Å². The summed E-state index contributed by atoms with van der Waals surface area (Å²) in [5, 5.41) is 10.1. The second-order valence-electron chi connectivity index (χ2n) is 5.29. The number of aromatic hydroxyl groups is 1. The highest BCUT2D eigenvalue weighted by Crippen LogP contribution is 2.35. The fraction of sp³-hybridized carbons (Fsp3) is 0.294. The van der Waals surface area contributed by atoms with Gasteiger partial charge >= 0.3 is 0 Å². The average molecular weight is 282 g/mol. The van der Waals surface area contributed by atoms with Gasteiger partial charge in [0.05, 0.1) is 5.69 Å². The molecule has 3 rings (SSSR count). The van der Waals surface area contributed by atoms with E-state index in [1.165, 1.54) is 0 Å². The van der Waals surface area contributed by atoms with Crippen LogP contribution >= 0.6 is 0 Å². The molecule has 21 heavy (non-hydrogen) atoms. The second-order valence-corrected chi connectivity index (χ2v) is 5.29. The van der Waals surface area contributed by atoms with E-state index in [1.54, 1.807) is 23.4 Å². The van der Waals surface area contributed by atoms with Gasteiger partial charge in [0.25, 0.3) is 0 Å². The molecule has 1 N–H and O–H groups in total. The van der Waals surface area contributed by atoms with E-state index in [-0.39, 0.29) is 11.7 Å². The number of pyridine rings is 1. The van der Waals surface area contributed by atoms with Crippen LogP contribution in [0, 0.1) is 0 Å². The number of hydrogen-bond acceptors (Lipinski definition) is 3. The molecule has 1 aromatic carbocycles. The number of phenolic OH excluding ortho intramolecular Hbond substituents is 1. The SMILES string of the molecule is O=C(CCc1ccncc1)N1CCCc2cccc(O)c21. The molecule has 1 amide bonds. The number of aryl methyl sites for hydroxylation is 2. The number of amides is 1. The lowest BCUT2D eigenvalue weighted by Crippen LogP contribution is -2.35. The minimum absolute atomic E-state index is 0.0641. The predicted molar refractivity (Wildman–Crippen MR) is 81.3 cm³/mol. The fourth-order valence-electron chi connectivity index (χ4n) is 2.82. The molecule has 108 valence electrons. The number of hydrogen-bond donors (Lipinski definition) is 1. The van der Waals surface area contributed by atoms with Crippen LogP contribution in [-0.4, -0.2) is 22.5 Å². The number of carbonyl (C=O) groups is 1. The van der Waals surface area contributed by atoms with Gasteiger partial charge in [0.2, 0.25) is 5.91 Å². The molecular weight excluding hydrogens is 264 g/mol. The third-order valence-corrected chi connectivity index (χ3v) is 3.87. The Labute approximate surface area is 124 Å². The lowest BCUT2D eigenvalue weighted by Gasteiger charge is -2.30. The summed E-state index contributed by atoms with van der Waals surface area (Å²) in [5.74, 6) is 0.263. The Hall–Kier alpha value is -2.36. The minimum Gasteiger partial charge on any atom is -0.506 e. The number of nitrogens with zero attached hydrogens (tertiary/aromatic N) is 2. The largest absolute Gasteiger partial charge is 0.506 e. The Morgan fingerprint density at radius 3 is 2.86 bits per heavy atom. The zero-order chi connectivity index (χ0) is 14.7. The van der Waals surface area contributed by atoms with Crippen LogP contribution in [0.4, 0.5) is 5.69 Å². The Morgan fingerprint density at radius 1 is 1.24 bits per heavy atom. The van der Waals surface area contributed by atoms with Crippen LogP contribution in [0.5, 0.6) is 5.75 Å². The Morgan fingerprint density at radius 2 is 2.05 bits per heavy atom. The van der Waals surface area contributed by atoms with E-state index in [1.807, 2.05) is 24.3 Å². The molecule has 0 fully saturated rings. The van der Waals surface area contributed by atoms with Gasteiger partial charge in [-0.2, -0.15) is 0 Å². The maximum absolute atomic E-state index is 12.5. The summed E-state index contributed by atoms with van der Waals surface area (Å²) in [6.45, 7) is 0.680. The molecule has 0 saturated carbocycles. The van der Waals surface area contributed by atoms with Crippen LogP contribution < -0.4 is 4.90 Å². The molecule has 1 aliphatic heterocycles. The first-order valence-electron chi connectivity index (χ1n) is 7.26. The summed E-state index contributed by atoms with van der Waals surface area (Å²) in [5.41, 5.74) is 2.86. The minimum atomic E-state index is 0.0641. The van der Waals surface area contributed by atoms with Gasteiger partial charge < -0.3 is 10.0 Å². The molecule has 0 saturated heterocycles. The van der Waals surface area contributed by atoms with Gasteiger partial charge in [0, 0.05) is 25.4 Å². The summed E-state index contributed by atoms with van der Waals surface area (Å²) in [4.78, 5) is 18.2. The van der Waals surface area contributed by atoms with Crippen molar-refractivity contribution in [3.8, 4) is 5.75 Å². The van der Waals surface area contributed by atoms with Crippen molar-refractivity contribution in [2.24, 2.45) is 0 Å². The zero-order valence-corrected chi connectivity index (χ0v) is 11.8. The summed E-state index contributed by atoms with van der Waals surface area (Å²) in [6, 6.07) is 9.31. The van der Waals surface area contributed by atoms with E-state index in [9.17, 15) is 9.90 Å². The molecule has 0 radical (unpaired) electrons. The topological polar surface area (TPSA) is 53.4 Å². The fourth-order valence-corrected chi connectivity index (χ4v) is 2.82. The molecule has 4 nitrogen and oxygen atoms in total. The molecule has 0 bridgehead atoms. The van der Waals surface area contributed by atoms with Crippen molar-refractivity contribution in [2.75, 3.05) is 11.4 Å². The van der Waals surface area contributed by atoms with E-state index in [4.69, 9.17) is 0 Å². The van der Waals surface area contributed by atoms with Crippen LogP contribution in [0.1, 0.15) is 24.0 Å². The van der Waals surface area contributed by atoms with Gasteiger partial charge in [-0.05, 0) is 48.6 Å². The molecule has 4 heteroatoms. The Balaban J connectivity index is 1.75. The summed E-state index contributed by atoms with van der Waals surface area (Å²) >= 11 is 0. The lowest BCUT2D eigenvalue weighted by molar-refractivity contribution is -0.118. The van der Waals surface area contributed by atoms with Gasteiger partial charge in [-0.25, -0.2) is 0 Å². The van der Waals surface area contributed by atoms with Gasteiger partial charge in [-0.3, -0.25) is 9.78 Å². The Bertz CT molecular complexity index is 640. The molecule has 2 heterocycles. The van der Waals surface area contributed by atoms with Crippen LogP contribution in [-0.2, 0) is 17.6 Å². The lowest BCUT2D eigenvalue weighted by atomic mass is 10.00. The van der Waals surface area contributed by atoms with Crippen LogP contribution in [0.25, 0.3) is 0 Å². The van der Waals surface area contributed by atoms with Crippen molar-refractivity contribution in [3.05, 3.63) is 53.9 Å². The molecule has 1 aromatic heterocycles. The molecule has 2 aromatic rings. The summed E-state index contributed by atoms with van der Waals surface area (Å²) in [7, 11) is 0. The zero-order valence-electron chi connectivity index (χ0n) is 11.8. The molecule has 0 atom stereocenters. The molecule has 1 aliphatic rings. The summed E-state index contributed by atoms with van der Waals surface area (Å²) in [6.07, 6.45) is 6.47. The third-order valence-electron chi connectivity index (χ3n) is 3.87. The quantitative estimate of drug-likeness (QED) is 0.941. The van der Waals surface area contributed by atoms with E-state index in [0.717, 1.165) is 24.0 Å². The highest BCUT2D eigenvalue weighted by Gasteiger charge is 2.24. The monoisotopic (exact) mass is 282 g/mol. The number of anilines is 1. The first-order valence-corrected chi connectivity index (χ1v) is 7.26. The highest BCUT2D eigenvalue weighted by atomic mass is 16.3. The van der Waals surface area contributed by atoms with Gasteiger partial charge in [0.15, 0.2) is 0 Å². The van der Waals surface area contributed by atoms with Crippen molar-refractivity contribution in [3.63, 3.8) is 0 Å². The van der Waals surface area contributed by atoms with Crippen molar-refractivity contribution >= 4 is 11.6 Å². The standard InChI is InChI=1S/C17H18N2O2/c20-15-5-1-3-14-4-2-12-19(17(14)15)16(21)7-6-13-8-10-18-11-9-13/h1,3,5,8-11,20H,2,4,6-7,12H2. The van der Waals surface area contributed by atoms with Gasteiger partial charge in [-0.1, -0.05) is 12.1 Å². The number of phenols is 1. The number of benzene rings is 1. The molecular formula is C17H18N2O2. The van der Waals surface area contributed by atoms with Gasteiger partial charge in [0.1, 0.15) is 5.75 Å². The predicted octanol–water partition coefficient (Wildman–Crippen LogP) is 2.70. The van der Waals surface area contributed by atoms with Crippen LogP contribution in [0.2, 0.25) is 0 Å². The highest BCUT2D eigenvalue weighted by molar-refractivity contribution is 5.96. The first-order chi connectivity index (χ1) is 10.3. The number of para-hydroxylation sites is 1. The molecule has 0 unspecified atom stereocenters. The average Bonchev–Trinajstić information content (AvgIpc) is 2.53. The third kappa shape index (κ3) is 2.89. The van der Waals surface area contributed by atoms with Crippen molar-refractivity contribution in [2.45, 2.75) is 25.7 Å². The normalized spacial score (nSPS) is 13.8. The van der Waals surface area contributed by atoms with Gasteiger partial charge in [-0.15, -0.1) is 0 Å². The van der Waals surface area contributed by atoms with Crippen LogP contribution in [0.3, 0.4) is 0 Å². The number of carbonyl (C=O) groups excluding carboxylic acids is 1. The van der Waals surface area contributed by atoms with Crippen molar-refractivity contribution in [1.82, 2.24) is 4.98 Å². The first kappa shape index (κ1) is 13.6. The smallest absolute Gasteiger partial charge is 0.227 e. The molecule has 0 spiro atoms. The van der Waals surface area contributed by atoms with E-state index in [0.29, 0.717) is 25.1 Å². The number of fused-ring (bicyclic) bond motifs is 1. The van der Waals surface area contributed by atoms with Crippen molar-refractivity contribution in [1.29, 1.82) is 0 Å². The van der Waals surface area contributed by atoms with E-state index >= 15 is 0 Å². The Kier molecular flexibility index (Phi) is 3.86. The van der Waals surface area contributed by atoms with Crippen molar-refractivity contribution < 1.29 is 9.90 Å². The van der Waals surface area contributed by atoms with Crippen LogP contribution in [0.15, 0.2) is 42.7 Å². The van der Waals surface area contributed by atoms with E-state index < -0.39 is 0 Å². The molecule has 0 aliphatic carbocycles. The maximum atomic E-state index is 12.5. The maximum Gasteiger partial charge on any atom is 0.227 e. The number of rotatable bonds is 3. The number of aromatic nitrogens is 1. The summed E-state index contributed by atoms with van der Waals surface area (Å²) < 4.78 is 0. The second kappa shape index (κ2) is 5.95.